The predicted molar refractivity (Wildman–Crippen MR) is 82.0 cm³/mol. The first-order valence-corrected chi connectivity index (χ1v) is 7.33. The normalized spacial score (nSPS) is 12.6. The molecule has 2 aromatic rings. The molecule has 1 unspecified atom stereocenters. The molecule has 0 aliphatic heterocycles. The van der Waals surface area contributed by atoms with Gasteiger partial charge in [0, 0.05) is 17.8 Å². The van der Waals surface area contributed by atoms with Gasteiger partial charge >= 0.3 is 0 Å². The lowest BCUT2D eigenvalue weighted by Gasteiger charge is -2.18. The van der Waals surface area contributed by atoms with E-state index in [1.807, 2.05) is 23.9 Å². The summed E-state index contributed by atoms with van der Waals surface area (Å²) >= 11 is 9.66. The fraction of sp³-hybridized carbons (Fsp3) is 0.385. The zero-order valence-electron chi connectivity index (χ0n) is 11.3. The van der Waals surface area contributed by atoms with Crippen molar-refractivity contribution in [3.63, 3.8) is 0 Å². The van der Waals surface area contributed by atoms with Crippen LogP contribution in [0.2, 0.25) is 5.02 Å². The summed E-state index contributed by atoms with van der Waals surface area (Å²) in [5.41, 5.74) is 1.78. The van der Waals surface area contributed by atoms with Gasteiger partial charge in [-0.05, 0) is 35.1 Å². The molecule has 0 radical (unpaired) electrons. The molecule has 20 heavy (non-hydrogen) atoms. The van der Waals surface area contributed by atoms with E-state index in [4.69, 9.17) is 16.3 Å². The molecule has 0 aliphatic carbocycles. The van der Waals surface area contributed by atoms with Crippen LogP contribution in [0.1, 0.15) is 17.4 Å². The maximum absolute atomic E-state index is 6.28. The monoisotopic (exact) mass is 358 g/mol. The minimum atomic E-state index is -0.116. The minimum absolute atomic E-state index is 0.116. The van der Waals surface area contributed by atoms with Crippen LogP contribution in [0.25, 0.3) is 0 Å². The van der Waals surface area contributed by atoms with Crippen molar-refractivity contribution in [1.82, 2.24) is 20.1 Å². The maximum Gasteiger partial charge on any atom is 0.0934 e. The number of aromatic nitrogens is 3. The highest BCUT2D eigenvalue weighted by Crippen LogP contribution is 2.27. The van der Waals surface area contributed by atoms with Gasteiger partial charge in [0.2, 0.25) is 0 Å². The van der Waals surface area contributed by atoms with E-state index in [0.717, 1.165) is 15.9 Å². The Morgan fingerprint density at radius 3 is 2.85 bits per heavy atom. The van der Waals surface area contributed by atoms with Crippen LogP contribution in [0.5, 0.6) is 0 Å². The topological polar surface area (TPSA) is 52.0 Å². The summed E-state index contributed by atoms with van der Waals surface area (Å²) in [4.78, 5) is 4.43. The molecule has 0 bridgehead atoms. The largest absolute Gasteiger partial charge is 0.383 e. The second-order valence-corrected chi connectivity index (χ2v) is 5.54. The highest BCUT2D eigenvalue weighted by molar-refractivity contribution is 9.10. The van der Waals surface area contributed by atoms with Crippen LogP contribution >= 0.6 is 27.5 Å². The molecular weight excluding hydrogens is 344 g/mol. The van der Waals surface area contributed by atoms with Crippen molar-refractivity contribution >= 4 is 27.5 Å². The van der Waals surface area contributed by atoms with Gasteiger partial charge in [-0.1, -0.05) is 11.6 Å². The van der Waals surface area contributed by atoms with Gasteiger partial charge in [0.25, 0.3) is 0 Å². The summed E-state index contributed by atoms with van der Waals surface area (Å²) in [7, 11) is 3.54. The van der Waals surface area contributed by atoms with Gasteiger partial charge in [-0.2, -0.15) is 5.10 Å². The highest BCUT2D eigenvalue weighted by Gasteiger charge is 2.21. The number of nitrogens with zero attached hydrogens (tertiary/aromatic N) is 3. The predicted octanol–water partition coefficient (Wildman–Crippen LogP) is 2.65. The fourth-order valence-electron chi connectivity index (χ4n) is 2.00. The van der Waals surface area contributed by atoms with E-state index in [1.165, 1.54) is 0 Å². The Kier molecular flexibility index (Phi) is 5.54. The molecule has 108 valence electrons. The van der Waals surface area contributed by atoms with Crippen molar-refractivity contribution in [2.24, 2.45) is 0 Å². The summed E-state index contributed by atoms with van der Waals surface area (Å²) in [5.74, 6) is 0. The van der Waals surface area contributed by atoms with Crippen LogP contribution in [-0.2, 0) is 11.3 Å². The zero-order chi connectivity index (χ0) is 14.5. The van der Waals surface area contributed by atoms with E-state index in [9.17, 15) is 0 Å². The average molecular weight is 360 g/mol. The molecule has 0 saturated heterocycles. The zero-order valence-corrected chi connectivity index (χ0v) is 13.6. The van der Waals surface area contributed by atoms with E-state index >= 15 is 0 Å². The van der Waals surface area contributed by atoms with Crippen LogP contribution in [0.15, 0.2) is 29.0 Å². The average Bonchev–Trinajstić information content (AvgIpc) is 2.81. The van der Waals surface area contributed by atoms with Crippen molar-refractivity contribution < 1.29 is 4.74 Å². The van der Waals surface area contributed by atoms with E-state index < -0.39 is 0 Å². The third-order valence-corrected chi connectivity index (χ3v) is 3.71. The molecule has 2 rings (SSSR count). The molecular formula is C13H16BrClN4O. The number of hydrogen-bond acceptors (Lipinski definition) is 4. The number of pyridine rings is 1. The summed E-state index contributed by atoms with van der Waals surface area (Å²) < 4.78 is 7.88. The lowest BCUT2D eigenvalue weighted by Crippen LogP contribution is -2.23. The number of halogens is 2. The Balaban J connectivity index is 2.35. The van der Waals surface area contributed by atoms with Crippen LogP contribution in [0.4, 0.5) is 0 Å². The Labute approximate surface area is 131 Å². The van der Waals surface area contributed by atoms with Crippen LogP contribution in [-0.4, -0.2) is 35.5 Å². The van der Waals surface area contributed by atoms with Crippen LogP contribution in [0.3, 0.4) is 0 Å². The molecule has 0 spiro atoms. The molecule has 2 heterocycles. The second kappa shape index (κ2) is 7.17. The molecule has 0 fully saturated rings. The molecule has 0 aromatic carbocycles. The van der Waals surface area contributed by atoms with E-state index in [1.54, 1.807) is 19.5 Å². The summed E-state index contributed by atoms with van der Waals surface area (Å²) in [5, 5.41) is 8.14. The SMILES string of the molecule is CNC(c1ccc(Br)cn1)c1c(Cl)cnn1CCOC. The third-order valence-electron chi connectivity index (χ3n) is 2.95. The molecule has 0 aliphatic rings. The van der Waals surface area contributed by atoms with Gasteiger partial charge in [-0.3, -0.25) is 9.67 Å². The smallest absolute Gasteiger partial charge is 0.0934 e. The van der Waals surface area contributed by atoms with Gasteiger partial charge in [0.05, 0.1) is 41.8 Å². The molecule has 0 amide bonds. The number of rotatable bonds is 6. The summed E-state index contributed by atoms with van der Waals surface area (Å²) in [6.45, 7) is 1.22. The van der Waals surface area contributed by atoms with E-state index in [0.29, 0.717) is 18.2 Å². The van der Waals surface area contributed by atoms with Crippen molar-refractivity contribution in [2.75, 3.05) is 20.8 Å². The van der Waals surface area contributed by atoms with Gasteiger partial charge in [-0.15, -0.1) is 0 Å². The first-order chi connectivity index (χ1) is 9.67. The van der Waals surface area contributed by atoms with Gasteiger partial charge < -0.3 is 10.1 Å². The molecule has 5 nitrogen and oxygen atoms in total. The van der Waals surface area contributed by atoms with E-state index in [2.05, 4.69) is 31.3 Å². The maximum atomic E-state index is 6.28. The number of hydrogen-bond donors (Lipinski definition) is 1. The Bertz CT molecular complexity index is 558. The fourth-order valence-corrected chi connectivity index (χ4v) is 2.48. The van der Waals surface area contributed by atoms with Crippen molar-refractivity contribution in [3.05, 3.63) is 45.4 Å². The van der Waals surface area contributed by atoms with Crippen molar-refractivity contribution in [1.29, 1.82) is 0 Å². The van der Waals surface area contributed by atoms with Crippen molar-refractivity contribution in [3.8, 4) is 0 Å². The molecule has 7 heteroatoms. The van der Waals surface area contributed by atoms with Crippen molar-refractivity contribution in [2.45, 2.75) is 12.6 Å². The van der Waals surface area contributed by atoms with E-state index in [-0.39, 0.29) is 6.04 Å². The van der Waals surface area contributed by atoms with Crippen LogP contribution in [0, 0.1) is 0 Å². The first-order valence-electron chi connectivity index (χ1n) is 6.16. The molecule has 1 N–H and O–H groups in total. The van der Waals surface area contributed by atoms with Crippen LogP contribution < -0.4 is 5.32 Å². The summed E-state index contributed by atoms with van der Waals surface area (Å²) in [6.07, 6.45) is 3.42. The standard InChI is InChI=1S/C13H16BrClN4O/c1-16-12(11-4-3-9(14)7-17-11)13-10(15)8-18-19(13)5-6-20-2/h3-4,7-8,12,16H,5-6H2,1-2H3. The quantitative estimate of drug-likeness (QED) is 0.861. The Hall–Kier alpha value is -0.950. The Morgan fingerprint density at radius 1 is 1.45 bits per heavy atom. The molecule has 1 atom stereocenters. The molecule has 2 aromatic heterocycles. The minimum Gasteiger partial charge on any atom is -0.383 e. The third kappa shape index (κ3) is 3.38. The Morgan fingerprint density at radius 2 is 2.25 bits per heavy atom. The summed E-state index contributed by atoms with van der Waals surface area (Å²) in [6, 6.07) is 3.79. The van der Waals surface area contributed by atoms with Gasteiger partial charge in [0.1, 0.15) is 0 Å². The number of methoxy groups -OCH3 is 1. The van der Waals surface area contributed by atoms with Gasteiger partial charge in [0.15, 0.2) is 0 Å². The molecule has 0 saturated carbocycles. The number of nitrogens with one attached hydrogen (secondary N) is 1. The second-order valence-electron chi connectivity index (χ2n) is 4.22. The van der Waals surface area contributed by atoms with Gasteiger partial charge in [-0.25, -0.2) is 0 Å². The number of ether oxygens (including phenoxy) is 1. The first kappa shape index (κ1) is 15.4. The highest BCUT2D eigenvalue weighted by atomic mass is 79.9. The lowest BCUT2D eigenvalue weighted by molar-refractivity contribution is 0.182. The lowest BCUT2D eigenvalue weighted by atomic mass is 10.1.